The molecule has 2 N–H and O–H groups in total. The first kappa shape index (κ1) is 15.4. The first-order chi connectivity index (χ1) is 9.04. The molecular formula is C12H19N3O3S. The van der Waals surface area contributed by atoms with Crippen LogP contribution in [0, 0.1) is 0 Å². The predicted molar refractivity (Wildman–Crippen MR) is 73.3 cm³/mol. The molecule has 0 saturated heterocycles. The summed E-state index contributed by atoms with van der Waals surface area (Å²) in [5.41, 5.74) is 2.67. The van der Waals surface area contributed by atoms with Crippen molar-refractivity contribution in [2.24, 2.45) is 0 Å². The van der Waals surface area contributed by atoms with E-state index in [1.807, 2.05) is 19.2 Å². The van der Waals surface area contributed by atoms with Gasteiger partial charge in [0.25, 0.3) is 0 Å². The van der Waals surface area contributed by atoms with Crippen LogP contribution in [0.15, 0.2) is 10.9 Å². The summed E-state index contributed by atoms with van der Waals surface area (Å²) in [5, 5.41) is 13.5. The Morgan fingerprint density at radius 2 is 2.32 bits per heavy atom. The van der Waals surface area contributed by atoms with E-state index < -0.39 is 5.97 Å². The van der Waals surface area contributed by atoms with Gasteiger partial charge in [0.05, 0.1) is 11.2 Å². The highest BCUT2D eigenvalue weighted by molar-refractivity contribution is 7.07. The van der Waals surface area contributed by atoms with Crippen molar-refractivity contribution in [2.75, 3.05) is 13.1 Å². The second kappa shape index (κ2) is 7.73. The van der Waals surface area contributed by atoms with Gasteiger partial charge in [0, 0.05) is 24.4 Å². The van der Waals surface area contributed by atoms with Crippen molar-refractivity contribution in [2.45, 2.75) is 32.7 Å². The molecule has 19 heavy (non-hydrogen) atoms. The number of aromatic nitrogens is 1. The highest BCUT2D eigenvalue weighted by Crippen LogP contribution is 2.04. The minimum Gasteiger partial charge on any atom is -0.480 e. The van der Waals surface area contributed by atoms with Crippen LogP contribution in [-0.2, 0) is 11.2 Å². The van der Waals surface area contributed by atoms with Gasteiger partial charge >= 0.3 is 12.0 Å². The van der Waals surface area contributed by atoms with Crippen molar-refractivity contribution in [3.63, 3.8) is 0 Å². The summed E-state index contributed by atoms with van der Waals surface area (Å²) in [7, 11) is 0. The first-order valence-corrected chi connectivity index (χ1v) is 7.12. The molecule has 7 heteroatoms. The van der Waals surface area contributed by atoms with Gasteiger partial charge in [0.15, 0.2) is 0 Å². The zero-order valence-corrected chi connectivity index (χ0v) is 11.9. The molecule has 1 unspecified atom stereocenters. The molecule has 1 aromatic rings. The second-order valence-electron chi connectivity index (χ2n) is 4.24. The normalized spacial score (nSPS) is 11.9. The second-order valence-corrected chi connectivity index (χ2v) is 4.96. The number of thiazole rings is 1. The average Bonchev–Trinajstić information content (AvgIpc) is 2.87. The van der Waals surface area contributed by atoms with Gasteiger partial charge in [-0.3, -0.25) is 4.79 Å². The molecule has 0 saturated carbocycles. The van der Waals surface area contributed by atoms with Gasteiger partial charge in [0.1, 0.15) is 6.54 Å². The summed E-state index contributed by atoms with van der Waals surface area (Å²) in [6, 6.07) is -0.442. The van der Waals surface area contributed by atoms with Gasteiger partial charge < -0.3 is 15.3 Å². The standard InChI is InChI=1S/C12H19N3O3S/c1-3-9(2)15(6-11(16)17)12(18)13-5-4-10-7-19-8-14-10/h7-9H,3-6H2,1-2H3,(H,13,18)(H,16,17). The minimum absolute atomic E-state index is 0.102. The summed E-state index contributed by atoms with van der Waals surface area (Å²) in [5.74, 6) is -1.00. The Hall–Kier alpha value is -1.63. The summed E-state index contributed by atoms with van der Waals surface area (Å²) < 4.78 is 0. The van der Waals surface area contributed by atoms with Crippen molar-refractivity contribution in [3.05, 3.63) is 16.6 Å². The Balaban J connectivity index is 2.44. The van der Waals surface area contributed by atoms with Crippen LogP contribution in [0.4, 0.5) is 4.79 Å². The molecule has 1 atom stereocenters. The summed E-state index contributed by atoms with van der Waals surface area (Å²) >= 11 is 1.51. The molecule has 0 spiro atoms. The van der Waals surface area contributed by atoms with Crippen LogP contribution in [0.5, 0.6) is 0 Å². The van der Waals surface area contributed by atoms with Crippen molar-refractivity contribution in [3.8, 4) is 0 Å². The lowest BCUT2D eigenvalue weighted by molar-refractivity contribution is -0.138. The molecular weight excluding hydrogens is 266 g/mol. The fraction of sp³-hybridized carbons (Fsp3) is 0.583. The van der Waals surface area contributed by atoms with E-state index in [4.69, 9.17) is 5.11 Å². The van der Waals surface area contributed by atoms with Crippen molar-refractivity contribution in [1.29, 1.82) is 0 Å². The number of hydrogen-bond acceptors (Lipinski definition) is 4. The molecule has 0 aliphatic rings. The molecule has 6 nitrogen and oxygen atoms in total. The van der Waals surface area contributed by atoms with E-state index in [0.717, 1.165) is 5.69 Å². The third-order valence-corrected chi connectivity index (χ3v) is 3.47. The van der Waals surface area contributed by atoms with Gasteiger partial charge in [-0.2, -0.15) is 0 Å². The molecule has 0 aromatic carbocycles. The van der Waals surface area contributed by atoms with Crippen LogP contribution >= 0.6 is 11.3 Å². The number of nitrogens with zero attached hydrogens (tertiary/aromatic N) is 2. The van der Waals surface area contributed by atoms with Gasteiger partial charge in [0.2, 0.25) is 0 Å². The SMILES string of the molecule is CCC(C)N(CC(=O)O)C(=O)NCCc1cscn1. The Morgan fingerprint density at radius 3 is 2.84 bits per heavy atom. The third kappa shape index (κ3) is 5.25. The number of hydrogen-bond donors (Lipinski definition) is 2. The van der Waals surface area contributed by atoms with E-state index in [9.17, 15) is 9.59 Å². The van der Waals surface area contributed by atoms with Crippen LogP contribution in [0.2, 0.25) is 0 Å². The van der Waals surface area contributed by atoms with E-state index in [-0.39, 0.29) is 18.6 Å². The van der Waals surface area contributed by atoms with Crippen LogP contribution in [0.1, 0.15) is 26.0 Å². The lowest BCUT2D eigenvalue weighted by Crippen LogP contribution is -2.47. The summed E-state index contributed by atoms with van der Waals surface area (Å²) in [6.45, 7) is 3.93. The quantitative estimate of drug-likeness (QED) is 0.797. The minimum atomic E-state index is -1.00. The molecule has 0 bridgehead atoms. The monoisotopic (exact) mass is 285 g/mol. The molecule has 0 aliphatic heterocycles. The van der Waals surface area contributed by atoms with E-state index in [0.29, 0.717) is 19.4 Å². The van der Waals surface area contributed by atoms with Crippen LogP contribution in [0.3, 0.4) is 0 Å². The number of carboxylic acids is 1. The van der Waals surface area contributed by atoms with Crippen molar-refractivity contribution < 1.29 is 14.7 Å². The first-order valence-electron chi connectivity index (χ1n) is 6.18. The maximum Gasteiger partial charge on any atom is 0.323 e. The van der Waals surface area contributed by atoms with E-state index >= 15 is 0 Å². The largest absolute Gasteiger partial charge is 0.480 e. The van der Waals surface area contributed by atoms with Crippen LogP contribution in [-0.4, -0.2) is 46.1 Å². The zero-order valence-electron chi connectivity index (χ0n) is 11.1. The number of nitrogens with one attached hydrogen (secondary N) is 1. The maximum atomic E-state index is 11.9. The Bertz CT molecular complexity index is 408. The number of urea groups is 1. The highest BCUT2D eigenvalue weighted by Gasteiger charge is 2.20. The molecule has 1 heterocycles. The molecule has 106 valence electrons. The molecule has 2 amide bonds. The number of aliphatic carboxylic acids is 1. The van der Waals surface area contributed by atoms with E-state index in [1.54, 1.807) is 5.51 Å². The molecule has 0 fully saturated rings. The van der Waals surface area contributed by atoms with Gasteiger partial charge in [-0.15, -0.1) is 11.3 Å². The average molecular weight is 285 g/mol. The van der Waals surface area contributed by atoms with E-state index in [2.05, 4.69) is 10.3 Å². The topological polar surface area (TPSA) is 82.5 Å². The Labute approximate surface area is 116 Å². The van der Waals surface area contributed by atoms with Crippen molar-refractivity contribution >= 4 is 23.3 Å². The fourth-order valence-corrected chi connectivity index (χ4v) is 2.15. The number of amides is 2. The van der Waals surface area contributed by atoms with Crippen LogP contribution < -0.4 is 5.32 Å². The number of carbonyl (C=O) groups excluding carboxylic acids is 1. The fourth-order valence-electron chi connectivity index (χ4n) is 1.55. The summed E-state index contributed by atoms with van der Waals surface area (Å²) in [4.78, 5) is 28.2. The highest BCUT2D eigenvalue weighted by atomic mass is 32.1. The third-order valence-electron chi connectivity index (χ3n) is 2.83. The van der Waals surface area contributed by atoms with E-state index in [1.165, 1.54) is 16.2 Å². The lowest BCUT2D eigenvalue weighted by atomic mass is 10.2. The molecule has 1 aromatic heterocycles. The smallest absolute Gasteiger partial charge is 0.323 e. The molecule has 0 aliphatic carbocycles. The zero-order chi connectivity index (χ0) is 14.3. The molecule has 0 radical (unpaired) electrons. The lowest BCUT2D eigenvalue weighted by Gasteiger charge is -2.27. The van der Waals surface area contributed by atoms with Gasteiger partial charge in [-0.25, -0.2) is 9.78 Å². The Morgan fingerprint density at radius 1 is 1.58 bits per heavy atom. The Kier molecular flexibility index (Phi) is 6.27. The number of rotatable bonds is 7. The van der Waals surface area contributed by atoms with Crippen LogP contribution in [0.25, 0.3) is 0 Å². The number of carbonyl (C=O) groups is 2. The van der Waals surface area contributed by atoms with Crippen molar-refractivity contribution in [1.82, 2.24) is 15.2 Å². The summed E-state index contributed by atoms with van der Waals surface area (Å²) in [6.07, 6.45) is 1.36. The maximum absolute atomic E-state index is 11.9. The predicted octanol–water partition coefficient (Wildman–Crippen LogP) is 1.58. The number of carboxylic acid groups (broad SMARTS) is 1. The van der Waals surface area contributed by atoms with Gasteiger partial charge in [-0.05, 0) is 13.3 Å². The van der Waals surface area contributed by atoms with Gasteiger partial charge in [-0.1, -0.05) is 6.92 Å². The molecule has 1 rings (SSSR count).